The monoisotopic (exact) mass is 237 g/mol. The lowest BCUT2D eigenvalue weighted by atomic mass is 10.0. The minimum absolute atomic E-state index is 0.518. The molecule has 96 valence electrons. The molecule has 17 heavy (non-hydrogen) atoms. The molecule has 0 aliphatic heterocycles. The highest BCUT2D eigenvalue weighted by atomic mass is 16.5. The van der Waals surface area contributed by atoms with Crippen LogP contribution in [0.2, 0.25) is 0 Å². The number of rotatable bonds is 7. The maximum absolute atomic E-state index is 5.16. The molecule has 0 radical (unpaired) electrons. The summed E-state index contributed by atoms with van der Waals surface area (Å²) in [5.74, 6) is 0. The van der Waals surface area contributed by atoms with Crippen LogP contribution in [0, 0.1) is 12.3 Å². The second kappa shape index (κ2) is 5.19. The fourth-order valence-corrected chi connectivity index (χ4v) is 2.30. The number of aryl methyl sites for hydroxylation is 2. The molecule has 0 saturated heterocycles. The molecule has 1 N–H and O–H groups in total. The van der Waals surface area contributed by atoms with Crippen molar-refractivity contribution in [2.24, 2.45) is 12.5 Å². The van der Waals surface area contributed by atoms with Crippen molar-refractivity contribution in [2.75, 3.05) is 20.3 Å². The molecule has 1 aromatic heterocycles. The summed E-state index contributed by atoms with van der Waals surface area (Å²) in [5, 5.41) is 7.90. The van der Waals surface area contributed by atoms with Gasteiger partial charge in [-0.3, -0.25) is 4.68 Å². The van der Waals surface area contributed by atoms with Gasteiger partial charge in [-0.15, -0.1) is 0 Å². The quantitative estimate of drug-likeness (QED) is 0.783. The van der Waals surface area contributed by atoms with Crippen molar-refractivity contribution in [2.45, 2.75) is 32.7 Å². The third-order valence-corrected chi connectivity index (χ3v) is 3.70. The van der Waals surface area contributed by atoms with E-state index < -0.39 is 0 Å². The molecule has 1 fully saturated rings. The standard InChI is InChI=1S/C13H23N3O/c1-11-8-12(16(2)15-11)9-14-10-13(4-5-13)6-7-17-3/h8,14H,4-7,9-10H2,1-3H3. The Balaban J connectivity index is 1.74. The van der Waals surface area contributed by atoms with Crippen LogP contribution in [0.1, 0.15) is 30.7 Å². The molecule has 1 saturated carbocycles. The van der Waals surface area contributed by atoms with Crippen LogP contribution in [0.25, 0.3) is 0 Å². The fraction of sp³-hybridized carbons (Fsp3) is 0.769. The first-order valence-electron chi connectivity index (χ1n) is 6.34. The van der Waals surface area contributed by atoms with E-state index >= 15 is 0 Å². The zero-order chi connectivity index (χ0) is 12.3. The number of methoxy groups -OCH3 is 1. The third kappa shape index (κ3) is 3.30. The van der Waals surface area contributed by atoms with Crippen LogP contribution in [-0.2, 0) is 18.3 Å². The van der Waals surface area contributed by atoms with Crippen molar-refractivity contribution in [3.05, 3.63) is 17.5 Å². The molecule has 0 aromatic carbocycles. The van der Waals surface area contributed by atoms with E-state index in [1.807, 2.05) is 18.7 Å². The molecule has 1 heterocycles. The summed E-state index contributed by atoms with van der Waals surface area (Å²) in [6.07, 6.45) is 3.86. The fourth-order valence-electron chi connectivity index (χ4n) is 2.30. The van der Waals surface area contributed by atoms with E-state index in [1.54, 1.807) is 7.11 Å². The van der Waals surface area contributed by atoms with Crippen LogP contribution >= 0.6 is 0 Å². The summed E-state index contributed by atoms with van der Waals surface area (Å²) in [5.41, 5.74) is 2.86. The molecule has 2 rings (SSSR count). The smallest absolute Gasteiger partial charge is 0.0597 e. The van der Waals surface area contributed by atoms with Gasteiger partial charge in [0.2, 0.25) is 0 Å². The predicted molar refractivity (Wildman–Crippen MR) is 67.8 cm³/mol. The highest BCUT2D eigenvalue weighted by Crippen LogP contribution is 2.48. The van der Waals surface area contributed by atoms with E-state index in [9.17, 15) is 0 Å². The summed E-state index contributed by atoms with van der Waals surface area (Å²) in [6, 6.07) is 2.14. The molecule has 1 aromatic rings. The molecule has 0 unspecified atom stereocenters. The second-order valence-electron chi connectivity index (χ2n) is 5.25. The Hall–Kier alpha value is -0.870. The first kappa shape index (κ1) is 12.6. The first-order chi connectivity index (χ1) is 8.15. The zero-order valence-electron chi connectivity index (χ0n) is 11.1. The first-order valence-corrected chi connectivity index (χ1v) is 6.34. The summed E-state index contributed by atoms with van der Waals surface area (Å²) in [6.45, 7) is 4.92. The molecule has 1 aliphatic carbocycles. The third-order valence-electron chi connectivity index (χ3n) is 3.70. The van der Waals surface area contributed by atoms with Crippen LogP contribution < -0.4 is 5.32 Å². The van der Waals surface area contributed by atoms with Gasteiger partial charge in [-0.2, -0.15) is 5.10 Å². The Morgan fingerprint density at radius 3 is 2.82 bits per heavy atom. The SMILES string of the molecule is COCCC1(CNCc2cc(C)nn2C)CC1. The average molecular weight is 237 g/mol. The topological polar surface area (TPSA) is 39.1 Å². The summed E-state index contributed by atoms with van der Waals surface area (Å²) in [7, 11) is 3.78. The van der Waals surface area contributed by atoms with Gasteiger partial charge in [-0.05, 0) is 37.7 Å². The van der Waals surface area contributed by atoms with Gasteiger partial charge < -0.3 is 10.1 Å². The van der Waals surface area contributed by atoms with E-state index in [-0.39, 0.29) is 0 Å². The lowest BCUT2D eigenvalue weighted by molar-refractivity contribution is 0.171. The zero-order valence-corrected chi connectivity index (χ0v) is 11.1. The maximum Gasteiger partial charge on any atom is 0.0597 e. The molecule has 0 bridgehead atoms. The number of aromatic nitrogens is 2. The summed E-state index contributed by atoms with van der Waals surface area (Å²) >= 11 is 0. The van der Waals surface area contributed by atoms with Gasteiger partial charge in [0.05, 0.1) is 11.4 Å². The number of nitrogens with one attached hydrogen (secondary N) is 1. The van der Waals surface area contributed by atoms with Crippen LogP contribution in [0.15, 0.2) is 6.07 Å². The van der Waals surface area contributed by atoms with Crippen LogP contribution in [0.3, 0.4) is 0 Å². The molecule has 0 amide bonds. The molecule has 1 aliphatic rings. The predicted octanol–water partition coefficient (Wildman–Crippen LogP) is 1.63. The largest absolute Gasteiger partial charge is 0.385 e. The van der Waals surface area contributed by atoms with E-state index in [1.165, 1.54) is 25.0 Å². The Morgan fingerprint density at radius 1 is 1.53 bits per heavy atom. The molecule has 0 spiro atoms. The molecule has 4 heteroatoms. The Labute approximate surface area is 103 Å². The maximum atomic E-state index is 5.16. The minimum Gasteiger partial charge on any atom is -0.385 e. The number of nitrogens with zero attached hydrogens (tertiary/aromatic N) is 2. The van der Waals surface area contributed by atoms with Crippen molar-refractivity contribution in [3.63, 3.8) is 0 Å². The van der Waals surface area contributed by atoms with Crippen molar-refractivity contribution in [3.8, 4) is 0 Å². The summed E-state index contributed by atoms with van der Waals surface area (Å²) < 4.78 is 7.12. The van der Waals surface area contributed by atoms with Crippen molar-refractivity contribution < 1.29 is 4.74 Å². The number of ether oxygens (including phenoxy) is 1. The average Bonchev–Trinajstić information content (AvgIpc) is 2.98. The van der Waals surface area contributed by atoms with Crippen molar-refractivity contribution >= 4 is 0 Å². The Bertz CT molecular complexity index is 369. The Morgan fingerprint density at radius 2 is 2.29 bits per heavy atom. The van der Waals surface area contributed by atoms with Gasteiger partial charge in [0.1, 0.15) is 0 Å². The summed E-state index contributed by atoms with van der Waals surface area (Å²) in [4.78, 5) is 0. The van der Waals surface area contributed by atoms with E-state index in [2.05, 4.69) is 16.5 Å². The lowest BCUT2D eigenvalue weighted by Gasteiger charge is -2.15. The highest BCUT2D eigenvalue weighted by Gasteiger charge is 2.41. The van der Waals surface area contributed by atoms with Crippen LogP contribution in [0.4, 0.5) is 0 Å². The van der Waals surface area contributed by atoms with E-state index in [0.717, 1.165) is 25.4 Å². The second-order valence-corrected chi connectivity index (χ2v) is 5.25. The highest BCUT2D eigenvalue weighted by molar-refractivity contribution is 5.08. The van der Waals surface area contributed by atoms with Crippen molar-refractivity contribution in [1.29, 1.82) is 0 Å². The van der Waals surface area contributed by atoms with E-state index in [4.69, 9.17) is 4.74 Å². The molecule has 0 atom stereocenters. The molecule has 4 nitrogen and oxygen atoms in total. The van der Waals surface area contributed by atoms with Gasteiger partial charge in [-0.25, -0.2) is 0 Å². The van der Waals surface area contributed by atoms with Gasteiger partial charge in [-0.1, -0.05) is 0 Å². The molecular formula is C13H23N3O. The van der Waals surface area contributed by atoms with E-state index in [0.29, 0.717) is 5.41 Å². The Kier molecular flexibility index (Phi) is 3.84. The van der Waals surface area contributed by atoms with Gasteiger partial charge in [0, 0.05) is 33.9 Å². The molecular weight excluding hydrogens is 214 g/mol. The van der Waals surface area contributed by atoms with Crippen LogP contribution in [0.5, 0.6) is 0 Å². The van der Waals surface area contributed by atoms with Gasteiger partial charge >= 0.3 is 0 Å². The van der Waals surface area contributed by atoms with Gasteiger partial charge in [0.15, 0.2) is 0 Å². The van der Waals surface area contributed by atoms with Crippen LogP contribution in [-0.4, -0.2) is 30.0 Å². The minimum atomic E-state index is 0.518. The lowest BCUT2D eigenvalue weighted by Crippen LogP contribution is -2.25. The van der Waals surface area contributed by atoms with Crippen molar-refractivity contribution in [1.82, 2.24) is 15.1 Å². The number of hydrogen-bond donors (Lipinski definition) is 1. The number of hydrogen-bond acceptors (Lipinski definition) is 3. The normalized spacial score (nSPS) is 17.4. The van der Waals surface area contributed by atoms with Gasteiger partial charge in [0.25, 0.3) is 0 Å².